The molecule has 0 radical (unpaired) electrons. The molecule has 0 atom stereocenters. The molecule has 0 saturated heterocycles. The fraction of sp³-hybridized carbons (Fsp3) is 0.278. The van der Waals surface area contributed by atoms with E-state index >= 15 is 0 Å². The maximum atomic E-state index is 12.2. The summed E-state index contributed by atoms with van der Waals surface area (Å²) in [6.45, 7) is 4.47. The minimum Gasteiger partial charge on any atom is -0.493 e. The van der Waals surface area contributed by atoms with E-state index in [4.69, 9.17) is 4.74 Å². The maximum Gasteiger partial charge on any atom is 0.573 e. The monoisotopic (exact) mass is 410 g/mol. The smallest absolute Gasteiger partial charge is 0.493 e. The lowest BCUT2D eigenvalue weighted by Gasteiger charge is -2.10. The number of benzene rings is 2. The zero-order valence-corrected chi connectivity index (χ0v) is 15.9. The summed E-state index contributed by atoms with van der Waals surface area (Å²) in [4.78, 5) is 0. The molecule has 6 nitrogen and oxygen atoms in total. The van der Waals surface area contributed by atoms with Gasteiger partial charge < -0.3 is 9.47 Å². The fourth-order valence-electron chi connectivity index (χ4n) is 2.53. The number of hydrogen-bond donors (Lipinski definition) is 0. The zero-order chi connectivity index (χ0) is 20.1. The van der Waals surface area contributed by atoms with Crippen molar-refractivity contribution < 1.29 is 22.6 Å². The summed E-state index contributed by atoms with van der Waals surface area (Å²) in [7, 11) is 0. The molecule has 0 unspecified atom stereocenters. The predicted octanol–water partition coefficient (Wildman–Crippen LogP) is 4.35. The van der Waals surface area contributed by atoms with Gasteiger partial charge in [-0.2, -0.15) is 4.68 Å². The molecular formula is C18H17F3N4O2S. The number of alkyl halides is 3. The van der Waals surface area contributed by atoms with Gasteiger partial charge in [-0.05, 0) is 71.8 Å². The van der Waals surface area contributed by atoms with Crippen LogP contribution in [0, 0.1) is 13.8 Å². The molecule has 3 rings (SSSR count). The first-order valence-electron chi connectivity index (χ1n) is 8.29. The van der Waals surface area contributed by atoms with E-state index in [-0.39, 0.29) is 5.75 Å². The van der Waals surface area contributed by atoms with Gasteiger partial charge in [-0.15, -0.1) is 18.3 Å². The standard InChI is InChI=1S/C18H17F3N4O2S/c1-12-9-13(2)11-16(10-12)26-7-8-28-17-22-23-24-25(17)14-3-5-15(6-4-14)27-18(19,20)21/h3-6,9-11H,7-8H2,1-2H3. The maximum absolute atomic E-state index is 12.2. The highest BCUT2D eigenvalue weighted by Gasteiger charge is 2.31. The molecular weight excluding hydrogens is 393 g/mol. The third-order valence-electron chi connectivity index (χ3n) is 3.53. The Hall–Kier alpha value is -2.75. The molecule has 0 spiro atoms. The molecule has 148 valence electrons. The minimum atomic E-state index is -4.73. The molecule has 10 heteroatoms. The van der Waals surface area contributed by atoms with Crippen LogP contribution >= 0.6 is 11.8 Å². The summed E-state index contributed by atoms with van der Waals surface area (Å²) < 4.78 is 47.8. The van der Waals surface area contributed by atoms with Gasteiger partial charge >= 0.3 is 6.36 Å². The van der Waals surface area contributed by atoms with Crippen molar-refractivity contribution >= 4 is 11.8 Å². The number of aromatic nitrogens is 4. The first-order valence-corrected chi connectivity index (χ1v) is 9.27. The second-order valence-corrected chi connectivity index (χ2v) is 7.00. The zero-order valence-electron chi connectivity index (χ0n) is 15.1. The number of nitrogens with zero attached hydrogens (tertiary/aromatic N) is 4. The van der Waals surface area contributed by atoms with Gasteiger partial charge in [0.1, 0.15) is 11.5 Å². The summed E-state index contributed by atoms with van der Waals surface area (Å²) in [6.07, 6.45) is -4.73. The van der Waals surface area contributed by atoms with Gasteiger partial charge in [-0.3, -0.25) is 0 Å². The Morgan fingerprint density at radius 1 is 1.00 bits per heavy atom. The second-order valence-electron chi connectivity index (χ2n) is 5.94. The van der Waals surface area contributed by atoms with Crippen LogP contribution in [0.5, 0.6) is 11.5 Å². The van der Waals surface area contributed by atoms with Crippen molar-refractivity contribution in [1.29, 1.82) is 0 Å². The van der Waals surface area contributed by atoms with Crippen molar-refractivity contribution in [3.8, 4) is 17.2 Å². The van der Waals surface area contributed by atoms with Crippen LogP contribution in [0.3, 0.4) is 0 Å². The van der Waals surface area contributed by atoms with Gasteiger partial charge in [0.15, 0.2) is 0 Å². The number of ether oxygens (including phenoxy) is 2. The van der Waals surface area contributed by atoms with E-state index in [1.54, 1.807) is 0 Å². The molecule has 2 aromatic carbocycles. The molecule has 0 aliphatic rings. The molecule has 0 N–H and O–H groups in total. The van der Waals surface area contributed by atoms with Gasteiger partial charge in [-0.1, -0.05) is 17.8 Å². The third kappa shape index (κ3) is 5.62. The molecule has 0 saturated carbocycles. The van der Waals surface area contributed by atoms with Crippen molar-refractivity contribution in [2.75, 3.05) is 12.4 Å². The van der Waals surface area contributed by atoms with Crippen LogP contribution in [0.25, 0.3) is 5.69 Å². The average molecular weight is 410 g/mol. The van der Waals surface area contributed by atoms with Crippen LogP contribution in [0.1, 0.15) is 11.1 Å². The van der Waals surface area contributed by atoms with Crippen LogP contribution < -0.4 is 9.47 Å². The number of halogens is 3. The molecule has 1 heterocycles. The van der Waals surface area contributed by atoms with E-state index in [0.29, 0.717) is 23.2 Å². The molecule has 0 amide bonds. The number of rotatable bonds is 7. The highest BCUT2D eigenvalue weighted by Crippen LogP contribution is 2.25. The molecule has 0 bridgehead atoms. The molecule has 0 aliphatic heterocycles. The Bertz CT molecular complexity index is 909. The van der Waals surface area contributed by atoms with E-state index in [1.807, 2.05) is 26.0 Å². The lowest BCUT2D eigenvalue weighted by Crippen LogP contribution is -2.17. The van der Waals surface area contributed by atoms with Crippen molar-refractivity contribution in [1.82, 2.24) is 20.2 Å². The summed E-state index contributed by atoms with van der Waals surface area (Å²) in [5, 5.41) is 12.0. The van der Waals surface area contributed by atoms with Crippen molar-refractivity contribution in [2.45, 2.75) is 25.4 Å². The summed E-state index contributed by atoms with van der Waals surface area (Å²) in [5.41, 5.74) is 2.78. The highest BCUT2D eigenvalue weighted by atomic mass is 32.2. The number of thioether (sulfide) groups is 1. The van der Waals surface area contributed by atoms with Crippen molar-refractivity contribution in [3.05, 3.63) is 53.6 Å². The lowest BCUT2D eigenvalue weighted by molar-refractivity contribution is -0.274. The summed E-state index contributed by atoms with van der Waals surface area (Å²) >= 11 is 1.38. The Morgan fingerprint density at radius 3 is 2.32 bits per heavy atom. The Labute approximate surface area is 163 Å². The number of tetrazole rings is 1. The predicted molar refractivity (Wildman–Crippen MR) is 98.0 cm³/mol. The number of hydrogen-bond acceptors (Lipinski definition) is 6. The first-order chi connectivity index (χ1) is 13.3. The van der Waals surface area contributed by atoms with E-state index in [0.717, 1.165) is 16.9 Å². The van der Waals surface area contributed by atoms with Gasteiger partial charge in [0.05, 0.1) is 12.3 Å². The average Bonchev–Trinajstić information content (AvgIpc) is 3.06. The van der Waals surface area contributed by atoms with E-state index < -0.39 is 6.36 Å². The number of aryl methyl sites for hydroxylation is 2. The molecule has 1 aromatic heterocycles. The van der Waals surface area contributed by atoms with Gasteiger partial charge in [0.25, 0.3) is 0 Å². The van der Waals surface area contributed by atoms with E-state index in [2.05, 4.69) is 26.3 Å². The molecule has 0 fully saturated rings. The Morgan fingerprint density at radius 2 is 1.68 bits per heavy atom. The first kappa shape index (κ1) is 20.0. The van der Waals surface area contributed by atoms with Gasteiger partial charge in [0.2, 0.25) is 5.16 Å². The summed E-state index contributed by atoms with van der Waals surface area (Å²) in [5.74, 6) is 1.10. The topological polar surface area (TPSA) is 62.1 Å². The molecule has 0 aliphatic carbocycles. The van der Waals surface area contributed by atoms with Crippen molar-refractivity contribution in [3.63, 3.8) is 0 Å². The second kappa shape index (κ2) is 8.51. The third-order valence-corrected chi connectivity index (χ3v) is 4.42. The molecule has 3 aromatic rings. The van der Waals surface area contributed by atoms with Crippen LogP contribution in [0.4, 0.5) is 13.2 Å². The fourth-order valence-corrected chi connectivity index (χ4v) is 3.24. The molecule has 28 heavy (non-hydrogen) atoms. The Kier molecular flexibility index (Phi) is 6.08. The van der Waals surface area contributed by atoms with E-state index in [9.17, 15) is 13.2 Å². The SMILES string of the molecule is Cc1cc(C)cc(OCCSc2nnnn2-c2ccc(OC(F)(F)F)cc2)c1. The van der Waals surface area contributed by atoms with Crippen LogP contribution in [0.2, 0.25) is 0 Å². The Balaban J connectivity index is 1.58. The van der Waals surface area contributed by atoms with Gasteiger partial charge in [0, 0.05) is 5.75 Å². The van der Waals surface area contributed by atoms with E-state index in [1.165, 1.54) is 40.7 Å². The van der Waals surface area contributed by atoms with Crippen molar-refractivity contribution in [2.24, 2.45) is 0 Å². The normalized spacial score (nSPS) is 11.5. The largest absolute Gasteiger partial charge is 0.573 e. The highest BCUT2D eigenvalue weighted by molar-refractivity contribution is 7.99. The quantitative estimate of drug-likeness (QED) is 0.426. The van der Waals surface area contributed by atoms with Crippen LogP contribution in [-0.4, -0.2) is 38.9 Å². The summed E-state index contributed by atoms with van der Waals surface area (Å²) in [6, 6.07) is 11.3. The minimum absolute atomic E-state index is 0.305. The van der Waals surface area contributed by atoms with Gasteiger partial charge in [-0.25, -0.2) is 0 Å². The van der Waals surface area contributed by atoms with Crippen LogP contribution in [-0.2, 0) is 0 Å². The van der Waals surface area contributed by atoms with Crippen LogP contribution in [0.15, 0.2) is 47.6 Å². The lowest BCUT2D eigenvalue weighted by atomic mass is 10.1.